The molecule has 0 amide bonds. The predicted molar refractivity (Wildman–Crippen MR) is 178 cm³/mol. The third-order valence-electron chi connectivity index (χ3n) is 8.69. The van der Waals surface area contributed by atoms with E-state index in [4.69, 9.17) is 0 Å². The summed E-state index contributed by atoms with van der Waals surface area (Å²) < 4.78 is 4.80. The Morgan fingerprint density at radius 2 is 0.810 bits per heavy atom. The number of rotatable bonds is 3. The van der Waals surface area contributed by atoms with E-state index >= 15 is 0 Å². The molecule has 9 rings (SSSR count). The quantitative estimate of drug-likeness (QED) is 0.213. The van der Waals surface area contributed by atoms with E-state index in [2.05, 4.69) is 167 Å². The third kappa shape index (κ3) is 3.27. The Labute approximate surface area is 243 Å². The van der Waals surface area contributed by atoms with Crippen LogP contribution in [0.2, 0.25) is 0 Å². The van der Waals surface area contributed by atoms with Gasteiger partial charge in [0.2, 0.25) is 0 Å². The van der Waals surface area contributed by atoms with Crippen molar-refractivity contribution in [3.63, 3.8) is 0 Å². The molecule has 2 aromatic heterocycles. The Morgan fingerprint density at radius 1 is 0.310 bits per heavy atom. The maximum absolute atomic E-state index is 2.42. The fourth-order valence-corrected chi connectivity index (χ4v) is 6.92. The highest BCUT2D eigenvalue weighted by Crippen LogP contribution is 2.42. The van der Waals surface area contributed by atoms with Crippen LogP contribution in [-0.4, -0.2) is 9.13 Å². The van der Waals surface area contributed by atoms with E-state index in [0.29, 0.717) is 0 Å². The molecule has 0 saturated heterocycles. The normalized spacial score (nSPS) is 11.8. The number of nitrogens with zero attached hydrogens (tertiary/aromatic N) is 2. The van der Waals surface area contributed by atoms with Gasteiger partial charge in [0, 0.05) is 32.9 Å². The van der Waals surface area contributed by atoms with Gasteiger partial charge >= 0.3 is 0 Å². The fourth-order valence-electron chi connectivity index (χ4n) is 6.92. The summed E-state index contributed by atoms with van der Waals surface area (Å²) in [6.45, 7) is 0. The zero-order chi connectivity index (χ0) is 27.6. The Hall–Kier alpha value is -5.60. The maximum Gasteiger partial charge on any atom is 0.0553 e. The van der Waals surface area contributed by atoms with Crippen molar-refractivity contribution >= 4 is 54.4 Å². The molecule has 0 aliphatic carbocycles. The molecule has 0 fully saturated rings. The summed E-state index contributed by atoms with van der Waals surface area (Å²) in [6, 6.07) is 57.2. The van der Waals surface area contributed by atoms with Gasteiger partial charge in [0.1, 0.15) is 0 Å². The van der Waals surface area contributed by atoms with Crippen LogP contribution < -0.4 is 0 Å². The molecule has 0 saturated carbocycles. The SMILES string of the molecule is c1ccc(-n2c3ccccc3c3cc(-c4cc5c(c6ccccc46)c4ccccc4n5-c4ccccc4)ccc32)cc1. The molecule has 7 aromatic carbocycles. The van der Waals surface area contributed by atoms with Crippen LogP contribution in [0.15, 0.2) is 158 Å². The number of aromatic nitrogens is 2. The lowest BCUT2D eigenvalue weighted by Crippen LogP contribution is -1.94. The first kappa shape index (κ1) is 23.1. The topological polar surface area (TPSA) is 9.86 Å². The summed E-state index contributed by atoms with van der Waals surface area (Å²) in [4.78, 5) is 0. The first-order valence-electron chi connectivity index (χ1n) is 14.5. The minimum Gasteiger partial charge on any atom is -0.309 e. The largest absolute Gasteiger partial charge is 0.309 e. The molecule has 2 heteroatoms. The standard InChI is InChI=1S/C40H26N2/c1-3-13-28(14-4-1)41-36-21-11-9-18-31(36)35-25-27(23-24-38(35)41)34-26-39-40(32-19-8-7-17-30(32)34)33-20-10-12-22-37(33)42(39)29-15-5-2-6-16-29/h1-26H. The van der Waals surface area contributed by atoms with Gasteiger partial charge < -0.3 is 9.13 Å². The zero-order valence-electron chi connectivity index (χ0n) is 22.9. The number of hydrogen-bond acceptors (Lipinski definition) is 0. The van der Waals surface area contributed by atoms with Crippen LogP contribution in [0, 0.1) is 0 Å². The van der Waals surface area contributed by atoms with E-state index in [1.165, 1.54) is 76.9 Å². The van der Waals surface area contributed by atoms with Gasteiger partial charge in [-0.05, 0) is 76.5 Å². The fraction of sp³-hybridized carbons (Fsp3) is 0. The van der Waals surface area contributed by atoms with Crippen LogP contribution in [0.5, 0.6) is 0 Å². The highest BCUT2D eigenvalue weighted by Gasteiger charge is 2.19. The molecule has 9 aromatic rings. The number of benzene rings is 7. The molecule has 0 radical (unpaired) electrons. The molecule has 0 aliphatic heterocycles. The van der Waals surface area contributed by atoms with Gasteiger partial charge in [-0.2, -0.15) is 0 Å². The molecule has 196 valence electrons. The molecule has 42 heavy (non-hydrogen) atoms. The molecule has 0 N–H and O–H groups in total. The molecule has 2 heterocycles. The van der Waals surface area contributed by atoms with Gasteiger partial charge in [0.05, 0.1) is 22.1 Å². The van der Waals surface area contributed by atoms with Crippen molar-refractivity contribution in [3.8, 4) is 22.5 Å². The summed E-state index contributed by atoms with van der Waals surface area (Å²) in [5.74, 6) is 0. The molecule has 0 unspecified atom stereocenters. The second-order valence-electron chi connectivity index (χ2n) is 11.0. The number of para-hydroxylation sites is 4. The van der Waals surface area contributed by atoms with Gasteiger partial charge in [-0.15, -0.1) is 0 Å². The average molecular weight is 535 g/mol. The Kier molecular flexibility index (Phi) is 4.93. The molecule has 0 spiro atoms. The molecular weight excluding hydrogens is 508 g/mol. The Bertz CT molecular complexity index is 2440. The lowest BCUT2D eigenvalue weighted by Gasteiger charge is -2.13. The van der Waals surface area contributed by atoms with Crippen LogP contribution in [-0.2, 0) is 0 Å². The summed E-state index contributed by atoms with van der Waals surface area (Å²) in [7, 11) is 0. The molecule has 0 aliphatic rings. The van der Waals surface area contributed by atoms with E-state index < -0.39 is 0 Å². The van der Waals surface area contributed by atoms with E-state index in [1.54, 1.807) is 0 Å². The van der Waals surface area contributed by atoms with Gasteiger partial charge in [-0.25, -0.2) is 0 Å². The maximum atomic E-state index is 2.42. The summed E-state index contributed by atoms with van der Waals surface area (Å²) >= 11 is 0. The van der Waals surface area contributed by atoms with Crippen molar-refractivity contribution in [2.24, 2.45) is 0 Å². The second-order valence-corrected chi connectivity index (χ2v) is 11.0. The van der Waals surface area contributed by atoms with Gasteiger partial charge in [0.15, 0.2) is 0 Å². The van der Waals surface area contributed by atoms with Crippen molar-refractivity contribution in [3.05, 3.63) is 158 Å². The van der Waals surface area contributed by atoms with Crippen molar-refractivity contribution in [2.75, 3.05) is 0 Å². The van der Waals surface area contributed by atoms with Crippen LogP contribution in [0.3, 0.4) is 0 Å². The van der Waals surface area contributed by atoms with Gasteiger partial charge in [0.25, 0.3) is 0 Å². The van der Waals surface area contributed by atoms with Crippen LogP contribution in [0.4, 0.5) is 0 Å². The highest BCUT2D eigenvalue weighted by molar-refractivity contribution is 6.24. The summed E-state index contributed by atoms with van der Waals surface area (Å²) in [5.41, 5.74) is 9.71. The third-order valence-corrected chi connectivity index (χ3v) is 8.69. The monoisotopic (exact) mass is 534 g/mol. The summed E-state index contributed by atoms with van der Waals surface area (Å²) in [5, 5.41) is 7.66. The van der Waals surface area contributed by atoms with Crippen LogP contribution in [0.1, 0.15) is 0 Å². The number of hydrogen-bond donors (Lipinski definition) is 0. The van der Waals surface area contributed by atoms with Crippen molar-refractivity contribution < 1.29 is 0 Å². The number of fused-ring (bicyclic) bond motifs is 8. The summed E-state index contributed by atoms with van der Waals surface area (Å²) in [6.07, 6.45) is 0. The smallest absolute Gasteiger partial charge is 0.0553 e. The zero-order valence-corrected chi connectivity index (χ0v) is 22.9. The lowest BCUT2D eigenvalue weighted by atomic mass is 9.94. The minimum absolute atomic E-state index is 1.17. The first-order chi connectivity index (χ1) is 20.9. The van der Waals surface area contributed by atoms with E-state index in [0.717, 1.165) is 0 Å². The molecular formula is C40H26N2. The van der Waals surface area contributed by atoms with E-state index in [-0.39, 0.29) is 0 Å². The van der Waals surface area contributed by atoms with Crippen molar-refractivity contribution in [1.29, 1.82) is 0 Å². The highest BCUT2D eigenvalue weighted by atomic mass is 15.0. The molecule has 0 atom stereocenters. The first-order valence-corrected chi connectivity index (χ1v) is 14.5. The van der Waals surface area contributed by atoms with Crippen LogP contribution in [0.25, 0.3) is 76.9 Å². The molecule has 2 nitrogen and oxygen atoms in total. The van der Waals surface area contributed by atoms with Gasteiger partial charge in [-0.1, -0.05) is 103 Å². The Balaban J connectivity index is 1.39. The molecule has 0 bridgehead atoms. The van der Waals surface area contributed by atoms with Crippen molar-refractivity contribution in [2.45, 2.75) is 0 Å². The second kappa shape index (κ2) is 8.95. The minimum atomic E-state index is 1.17. The lowest BCUT2D eigenvalue weighted by molar-refractivity contribution is 1.18. The van der Waals surface area contributed by atoms with Crippen LogP contribution >= 0.6 is 0 Å². The van der Waals surface area contributed by atoms with Crippen molar-refractivity contribution in [1.82, 2.24) is 9.13 Å². The van der Waals surface area contributed by atoms with E-state index in [1.807, 2.05) is 0 Å². The van der Waals surface area contributed by atoms with E-state index in [9.17, 15) is 0 Å². The predicted octanol–water partition coefficient (Wildman–Crippen LogP) is 10.7. The van der Waals surface area contributed by atoms with Gasteiger partial charge in [-0.3, -0.25) is 0 Å². The average Bonchev–Trinajstić information content (AvgIpc) is 3.58. The Morgan fingerprint density at radius 3 is 1.50 bits per heavy atom.